The number of aryl methyl sites for hydroxylation is 1. The number of nitrogens with one attached hydrogen (secondary N) is 2. The molecule has 176 valence electrons. The molecule has 0 aliphatic rings. The molecule has 32 heavy (non-hydrogen) atoms. The zero-order valence-corrected chi connectivity index (χ0v) is 19.1. The summed E-state index contributed by atoms with van der Waals surface area (Å²) in [7, 11) is 1.67. The molecule has 2 rings (SSSR count). The van der Waals surface area contributed by atoms with Gasteiger partial charge >= 0.3 is 0 Å². The van der Waals surface area contributed by atoms with Crippen LogP contribution in [0.1, 0.15) is 24.5 Å². The van der Waals surface area contributed by atoms with Gasteiger partial charge in [-0.05, 0) is 49.7 Å². The molecular weight excluding hydrogens is 413 g/mol. The molecule has 3 N–H and O–H groups in total. The van der Waals surface area contributed by atoms with Gasteiger partial charge in [0.1, 0.15) is 30.0 Å². The first kappa shape index (κ1) is 25.4. The first-order valence-electron chi connectivity index (χ1n) is 10.8. The fourth-order valence-electron chi connectivity index (χ4n) is 2.81. The van der Waals surface area contributed by atoms with Gasteiger partial charge in [-0.15, -0.1) is 0 Å². The van der Waals surface area contributed by atoms with Gasteiger partial charge in [0.2, 0.25) is 0 Å². The fraction of sp³-hybridized carbons (Fsp3) is 0.458. The van der Waals surface area contributed by atoms with Crippen LogP contribution in [0.25, 0.3) is 0 Å². The van der Waals surface area contributed by atoms with Gasteiger partial charge in [-0.3, -0.25) is 0 Å². The number of ether oxygens (including phenoxy) is 3. The molecule has 2 aromatic rings. The van der Waals surface area contributed by atoms with Crippen molar-refractivity contribution >= 4 is 5.96 Å². The van der Waals surface area contributed by atoms with Gasteiger partial charge in [0, 0.05) is 38.8 Å². The largest absolute Gasteiger partial charge is 0.493 e. The summed E-state index contributed by atoms with van der Waals surface area (Å²) < 4.78 is 29.4. The number of benzene rings is 2. The summed E-state index contributed by atoms with van der Waals surface area (Å²) >= 11 is 0. The monoisotopic (exact) mass is 447 g/mol. The molecule has 0 aliphatic carbocycles. The number of aliphatic imine (C=N–C) groups is 1. The second-order valence-electron chi connectivity index (χ2n) is 7.30. The van der Waals surface area contributed by atoms with Crippen LogP contribution in [0.2, 0.25) is 0 Å². The van der Waals surface area contributed by atoms with Crippen molar-refractivity contribution in [2.24, 2.45) is 4.99 Å². The number of aliphatic hydroxyl groups is 1. The molecule has 1 atom stereocenters. The number of nitrogens with zero attached hydrogens (tertiary/aromatic N) is 1. The second-order valence-corrected chi connectivity index (χ2v) is 7.30. The minimum absolute atomic E-state index is 0.0788. The normalized spacial score (nSPS) is 12.3. The van der Waals surface area contributed by atoms with Crippen LogP contribution in [0.4, 0.5) is 4.39 Å². The number of guanidine groups is 1. The maximum atomic E-state index is 13.0. The second kappa shape index (κ2) is 14.3. The van der Waals surface area contributed by atoms with Gasteiger partial charge < -0.3 is 30.0 Å². The van der Waals surface area contributed by atoms with Crippen LogP contribution in [0.15, 0.2) is 47.5 Å². The van der Waals surface area contributed by atoms with Crippen molar-refractivity contribution in [1.82, 2.24) is 10.6 Å². The summed E-state index contributed by atoms with van der Waals surface area (Å²) in [5.74, 6) is 1.57. The van der Waals surface area contributed by atoms with E-state index >= 15 is 0 Å². The highest BCUT2D eigenvalue weighted by molar-refractivity contribution is 5.79. The summed E-state index contributed by atoms with van der Waals surface area (Å²) in [5.41, 5.74) is 2.10. The third-order valence-corrected chi connectivity index (χ3v) is 4.49. The smallest absolute Gasteiger partial charge is 0.191 e. The number of methoxy groups -OCH3 is 1. The predicted octanol–water partition coefficient (Wildman–Crippen LogP) is 3.04. The summed E-state index contributed by atoms with van der Waals surface area (Å²) in [4.78, 5) is 4.61. The number of aliphatic hydroxyl groups excluding tert-OH is 1. The molecule has 7 nitrogen and oxygen atoms in total. The van der Waals surface area contributed by atoms with Crippen molar-refractivity contribution in [2.45, 2.75) is 32.9 Å². The molecular formula is C24H34FN3O4. The molecule has 0 saturated heterocycles. The summed E-state index contributed by atoms with van der Waals surface area (Å²) in [6.45, 7) is 6.67. The lowest BCUT2D eigenvalue weighted by Gasteiger charge is -2.16. The standard InChI is InChI=1S/C24H34FN3O4/c1-4-26-24(28-16-21(29)17-32-22-10-8-20(25)9-11-22)27-15-19-7-6-18(2)14-23(19)31-13-5-12-30-3/h6-11,14,21,29H,4-5,12-13,15-17H2,1-3H3,(H2,26,27,28). The Balaban J connectivity index is 1.89. The van der Waals surface area contributed by atoms with E-state index in [1.165, 1.54) is 24.3 Å². The van der Waals surface area contributed by atoms with Crippen molar-refractivity contribution in [1.29, 1.82) is 0 Å². The Hall–Kier alpha value is -2.84. The molecule has 0 aromatic heterocycles. The highest BCUT2D eigenvalue weighted by atomic mass is 19.1. The molecule has 0 bridgehead atoms. The zero-order chi connectivity index (χ0) is 23.2. The molecule has 0 amide bonds. The van der Waals surface area contributed by atoms with E-state index in [0.717, 1.165) is 23.3 Å². The quantitative estimate of drug-likeness (QED) is 0.249. The van der Waals surface area contributed by atoms with Crippen molar-refractivity contribution in [2.75, 3.05) is 40.0 Å². The lowest BCUT2D eigenvalue weighted by atomic mass is 10.1. The van der Waals surface area contributed by atoms with Gasteiger partial charge in [0.15, 0.2) is 5.96 Å². The van der Waals surface area contributed by atoms with E-state index in [0.29, 0.717) is 38.0 Å². The molecule has 0 aliphatic heterocycles. The first-order valence-corrected chi connectivity index (χ1v) is 10.8. The Morgan fingerprint density at radius 2 is 1.88 bits per heavy atom. The predicted molar refractivity (Wildman–Crippen MR) is 124 cm³/mol. The molecule has 8 heteroatoms. The first-order chi connectivity index (χ1) is 15.5. The molecule has 0 fully saturated rings. The van der Waals surface area contributed by atoms with Gasteiger partial charge in [-0.2, -0.15) is 0 Å². The number of hydrogen-bond donors (Lipinski definition) is 3. The zero-order valence-electron chi connectivity index (χ0n) is 19.1. The maximum absolute atomic E-state index is 13.0. The van der Waals surface area contributed by atoms with Crippen LogP contribution in [0.3, 0.4) is 0 Å². The lowest BCUT2D eigenvalue weighted by molar-refractivity contribution is 0.110. The molecule has 2 aromatic carbocycles. The van der Waals surface area contributed by atoms with Gasteiger partial charge in [-0.25, -0.2) is 9.38 Å². The van der Waals surface area contributed by atoms with E-state index in [9.17, 15) is 9.50 Å². The van der Waals surface area contributed by atoms with Crippen LogP contribution in [-0.4, -0.2) is 57.2 Å². The lowest BCUT2D eigenvalue weighted by Crippen LogP contribution is -2.42. The molecule has 0 saturated carbocycles. The maximum Gasteiger partial charge on any atom is 0.191 e. The van der Waals surface area contributed by atoms with E-state index in [1.807, 2.05) is 32.0 Å². The van der Waals surface area contributed by atoms with Crippen LogP contribution in [0, 0.1) is 12.7 Å². The minimum atomic E-state index is -0.761. The van der Waals surface area contributed by atoms with Crippen molar-refractivity contribution < 1.29 is 23.7 Å². The van der Waals surface area contributed by atoms with E-state index in [4.69, 9.17) is 14.2 Å². The van der Waals surface area contributed by atoms with Crippen molar-refractivity contribution in [3.63, 3.8) is 0 Å². The molecule has 0 radical (unpaired) electrons. The fourth-order valence-corrected chi connectivity index (χ4v) is 2.81. The minimum Gasteiger partial charge on any atom is -0.493 e. The highest BCUT2D eigenvalue weighted by Gasteiger charge is 2.09. The van der Waals surface area contributed by atoms with Gasteiger partial charge in [-0.1, -0.05) is 12.1 Å². The SMILES string of the molecule is CCNC(=NCc1ccc(C)cc1OCCCOC)NCC(O)COc1ccc(F)cc1. The van der Waals surface area contributed by atoms with Crippen LogP contribution >= 0.6 is 0 Å². The van der Waals surface area contributed by atoms with E-state index in [2.05, 4.69) is 15.6 Å². The number of halogens is 1. The Kier molecular flexibility index (Phi) is 11.3. The third-order valence-electron chi connectivity index (χ3n) is 4.49. The van der Waals surface area contributed by atoms with E-state index in [-0.39, 0.29) is 19.0 Å². The van der Waals surface area contributed by atoms with Crippen LogP contribution < -0.4 is 20.1 Å². The van der Waals surface area contributed by atoms with Crippen LogP contribution in [-0.2, 0) is 11.3 Å². The Labute approximate surface area is 189 Å². The van der Waals surface area contributed by atoms with E-state index < -0.39 is 6.10 Å². The average Bonchev–Trinajstić information content (AvgIpc) is 2.79. The van der Waals surface area contributed by atoms with E-state index in [1.54, 1.807) is 7.11 Å². The summed E-state index contributed by atoms with van der Waals surface area (Å²) in [5, 5.41) is 16.5. The molecule has 1 unspecified atom stereocenters. The van der Waals surface area contributed by atoms with Gasteiger partial charge in [0.25, 0.3) is 0 Å². The van der Waals surface area contributed by atoms with Crippen molar-refractivity contribution in [3.05, 3.63) is 59.4 Å². The third kappa shape index (κ3) is 9.53. The van der Waals surface area contributed by atoms with Crippen molar-refractivity contribution in [3.8, 4) is 11.5 Å². The summed E-state index contributed by atoms with van der Waals surface area (Å²) in [6, 6.07) is 11.7. The Morgan fingerprint density at radius 1 is 1.09 bits per heavy atom. The Bertz CT molecular complexity index is 830. The molecule has 0 spiro atoms. The average molecular weight is 448 g/mol. The highest BCUT2D eigenvalue weighted by Crippen LogP contribution is 2.21. The topological polar surface area (TPSA) is 84.3 Å². The van der Waals surface area contributed by atoms with Crippen LogP contribution in [0.5, 0.6) is 11.5 Å². The summed E-state index contributed by atoms with van der Waals surface area (Å²) in [6.07, 6.45) is 0.0536. The number of hydrogen-bond acceptors (Lipinski definition) is 5. The Morgan fingerprint density at radius 3 is 2.59 bits per heavy atom. The molecule has 0 heterocycles. The van der Waals surface area contributed by atoms with Gasteiger partial charge in [0.05, 0.1) is 13.2 Å². The number of rotatable bonds is 13.